The van der Waals surface area contributed by atoms with E-state index in [2.05, 4.69) is 22.5 Å². The minimum absolute atomic E-state index is 0.000971. The van der Waals surface area contributed by atoms with Gasteiger partial charge in [-0.15, -0.1) is 0 Å². The molecule has 0 radical (unpaired) electrons. The van der Waals surface area contributed by atoms with Gasteiger partial charge in [0.2, 0.25) is 0 Å². The molecule has 1 aliphatic heterocycles. The molecule has 0 spiro atoms. The molecule has 4 atom stereocenters. The highest BCUT2D eigenvalue weighted by molar-refractivity contribution is 8.15. The molecule has 5 nitrogen and oxygen atoms in total. The highest BCUT2D eigenvalue weighted by atomic mass is 35.5. The molecule has 1 N–H and O–H groups in total. The number of rotatable bonds is 5. The number of nitrogens with zero attached hydrogens (tertiary/aromatic N) is 1. The lowest BCUT2D eigenvalue weighted by Crippen LogP contribution is -2.35. The lowest BCUT2D eigenvalue weighted by atomic mass is 10.0. The van der Waals surface area contributed by atoms with Crippen LogP contribution in [0.1, 0.15) is 29.6 Å². The number of amides is 1. The van der Waals surface area contributed by atoms with E-state index in [9.17, 15) is 14.0 Å². The van der Waals surface area contributed by atoms with Crippen molar-refractivity contribution in [2.75, 3.05) is 6.61 Å². The first-order chi connectivity index (χ1) is 13.0. The Morgan fingerprint density at radius 2 is 2.22 bits per heavy atom. The number of halogens is 2. The van der Waals surface area contributed by atoms with Gasteiger partial charge in [-0.05, 0) is 36.8 Å². The molecular weight excluding hydrogens is 391 g/mol. The van der Waals surface area contributed by atoms with Crippen molar-refractivity contribution in [3.63, 3.8) is 0 Å². The number of nitrogens with one attached hydrogen (secondary N) is 1. The van der Waals surface area contributed by atoms with E-state index in [1.54, 1.807) is 0 Å². The van der Waals surface area contributed by atoms with Gasteiger partial charge in [0.15, 0.2) is 5.17 Å². The number of amidine groups is 1. The van der Waals surface area contributed by atoms with E-state index in [1.165, 1.54) is 30.3 Å². The van der Waals surface area contributed by atoms with Gasteiger partial charge < -0.3 is 10.1 Å². The van der Waals surface area contributed by atoms with Crippen molar-refractivity contribution in [1.29, 1.82) is 0 Å². The summed E-state index contributed by atoms with van der Waals surface area (Å²) in [6.07, 6.45) is 7.05. The Hall–Kier alpha value is -1.86. The van der Waals surface area contributed by atoms with Crippen LogP contribution >= 0.6 is 23.4 Å². The van der Waals surface area contributed by atoms with Crippen molar-refractivity contribution >= 4 is 40.4 Å². The van der Waals surface area contributed by atoms with E-state index in [1.807, 2.05) is 0 Å². The van der Waals surface area contributed by atoms with Crippen LogP contribution in [0.25, 0.3) is 0 Å². The highest BCUT2D eigenvalue weighted by Crippen LogP contribution is 2.39. The average molecular weight is 409 g/mol. The molecule has 1 aromatic rings. The second kappa shape index (κ2) is 7.64. The standard InChI is InChI=1S/C19H18ClFN2O3S/c20-12-2-1-3-13(21)16(12)18(25)26-7-6-15-17(24)23-19(27-15)22-14-9-10-4-5-11(14)8-10/h1-5,10-11,14-15H,6-9H2,(H,22,23,24). The Balaban J connectivity index is 1.26. The predicted molar refractivity (Wildman–Crippen MR) is 102 cm³/mol. The van der Waals surface area contributed by atoms with Crippen LogP contribution < -0.4 is 5.32 Å². The molecular formula is C19H18ClFN2O3S. The fourth-order valence-electron chi connectivity index (χ4n) is 3.76. The van der Waals surface area contributed by atoms with E-state index >= 15 is 0 Å². The molecule has 3 aliphatic rings. The summed E-state index contributed by atoms with van der Waals surface area (Å²) in [5, 5.41) is 3.62. The molecule has 1 amide bonds. The Morgan fingerprint density at radius 1 is 1.37 bits per heavy atom. The van der Waals surface area contributed by atoms with Crippen LogP contribution in [0.3, 0.4) is 0 Å². The summed E-state index contributed by atoms with van der Waals surface area (Å²) in [5.74, 6) is -0.647. The van der Waals surface area contributed by atoms with Gasteiger partial charge in [-0.3, -0.25) is 4.79 Å². The number of carbonyl (C=O) groups is 2. The van der Waals surface area contributed by atoms with E-state index in [0.717, 1.165) is 12.5 Å². The number of hydrogen-bond donors (Lipinski definition) is 1. The third kappa shape index (κ3) is 3.89. The lowest BCUT2D eigenvalue weighted by molar-refractivity contribution is -0.117. The molecule has 8 heteroatoms. The second-order valence-electron chi connectivity index (χ2n) is 6.91. The van der Waals surface area contributed by atoms with Crippen LogP contribution in [0.4, 0.5) is 4.39 Å². The normalized spacial score (nSPS) is 28.5. The summed E-state index contributed by atoms with van der Waals surface area (Å²) in [6.45, 7) is -0.00737. The number of ether oxygens (including phenoxy) is 1. The maximum absolute atomic E-state index is 13.7. The van der Waals surface area contributed by atoms with Gasteiger partial charge in [-0.25, -0.2) is 9.18 Å². The fraction of sp³-hybridized carbons (Fsp3) is 0.421. The van der Waals surface area contributed by atoms with E-state index in [0.29, 0.717) is 29.5 Å². The highest BCUT2D eigenvalue weighted by Gasteiger charge is 2.38. The molecule has 2 bridgehead atoms. The zero-order valence-corrected chi connectivity index (χ0v) is 15.9. The molecule has 0 saturated heterocycles. The zero-order chi connectivity index (χ0) is 19.0. The Morgan fingerprint density at radius 3 is 2.93 bits per heavy atom. The van der Waals surface area contributed by atoms with Crippen LogP contribution in [0, 0.1) is 17.7 Å². The number of benzene rings is 1. The summed E-state index contributed by atoms with van der Waals surface area (Å²) in [7, 11) is 0. The largest absolute Gasteiger partial charge is 0.462 e. The summed E-state index contributed by atoms with van der Waals surface area (Å²) < 4.78 is 18.8. The van der Waals surface area contributed by atoms with Gasteiger partial charge in [-0.2, -0.15) is 4.99 Å². The van der Waals surface area contributed by atoms with Crippen molar-refractivity contribution in [1.82, 2.24) is 5.32 Å². The number of carbonyl (C=O) groups excluding carboxylic acids is 2. The van der Waals surface area contributed by atoms with Gasteiger partial charge in [0.25, 0.3) is 5.91 Å². The third-order valence-electron chi connectivity index (χ3n) is 5.11. The molecule has 0 aromatic heterocycles. The van der Waals surface area contributed by atoms with E-state index < -0.39 is 17.0 Å². The van der Waals surface area contributed by atoms with Gasteiger partial charge in [0.1, 0.15) is 11.4 Å². The van der Waals surface area contributed by atoms with Gasteiger partial charge in [0, 0.05) is 12.5 Å². The van der Waals surface area contributed by atoms with E-state index in [4.69, 9.17) is 16.3 Å². The van der Waals surface area contributed by atoms with Crippen LogP contribution in [-0.2, 0) is 9.53 Å². The molecule has 1 fully saturated rings. The number of hydrogen-bond acceptors (Lipinski definition) is 5. The van der Waals surface area contributed by atoms with Crippen molar-refractivity contribution in [2.24, 2.45) is 16.8 Å². The van der Waals surface area contributed by atoms with Crippen LogP contribution in [0.15, 0.2) is 35.3 Å². The van der Waals surface area contributed by atoms with Gasteiger partial charge in [0.05, 0.1) is 16.9 Å². The van der Waals surface area contributed by atoms with Gasteiger partial charge in [-0.1, -0.05) is 41.6 Å². The summed E-state index contributed by atoms with van der Waals surface area (Å²) in [6, 6.07) is 4.32. The molecule has 4 rings (SSSR count). The monoisotopic (exact) mass is 408 g/mol. The SMILES string of the molecule is O=C(OCCC1SC(NC2CC3C=CC2C3)=NC1=O)c1c(F)cccc1Cl. The molecule has 142 valence electrons. The molecule has 1 saturated carbocycles. The Kier molecular flexibility index (Phi) is 5.23. The summed E-state index contributed by atoms with van der Waals surface area (Å²) >= 11 is 7.21. The number of fused-ring (bicyclic) bond motifs is 2. The van der Waals surface area contributed by atoms with Crippen molar-refractivity contribution in [3.8, 4) is 0 Å². The predicted octanol–water partition coefficient (Wildman–Crippen LogP) is 3.58. The molecule has 4 unspecified atom stereocenters. The third-order valence-corrected chi connectivity index (χ3v) is 6.58. The quantitative estimate of drug-likeness (QED) is 0.595. The van der Waals surface area contributed by atoms with E-state index in [-0.39, 0.29) is 23.1 Å². The number of thioether (sulfide) groups is 1. The van der Waals surface area contributed by atoms with Crippen LogP contribution in [-0.4, -0.2) is 34.9 Å². The zero-order valence-electron chi connectivity index (χ0n) is 14.4. The van der Waals surface area contributed by atoms with Crippen molar-refractivity contribution in [3.05, 3.63) is 46.8 Å². The average Bonchev–Trinajstić information content (AvgIpc) is 3.31. The molecule has 1 heterocycles. The smallest absolute Gasteiger partial charge is 0.342 e. The summed E-state index contributed by atoms with van der Waals surface area (Å²) in [5.41, 5.74) is -0.285. The maximum atomic E-state index is 13.7. The second-order valence-corrected chi connectivity index (χ2v) is 8.51. The molecule has 2 aliphatic carbocycles. The Bertz CT molecular complexity index is 824. The summed E-state index contributed by atoms with van der Waals surface area (Å²) in [4.78, 5) is 28.2. The van der Waals surface area contributed by atoms with Crippen molar-refractivity contribution in [2.45, 2.75) is 30.6 Å². The topological polar surface area (TPSA) is 67.8 Å². The first kappa shape index (κ1) is 18.5. The molecule has 27 heavy (non-hydrogen) atoms. The van der Waals surface area contributed by atoms with Gasteiger partial charge >= 0.3 is 5.97 Å². The number of esters is 1. The lowest BCUT2D eigenvalue weighted by Gasteiger charge is -2.20. The number of allylic oxidation sites excluding steroid dienone is 1. The first-order valence-corrected chi connectivity index (χ1v) is 10.1. The maximum Gasteiger partial charge on any atom is 0.342 e. The van der Waals surface area contributed by atoms with Crippen LogP contribution in [0.2, 0.25) is 5.02 Å². The minimum Gasteiger partial charge on any atom is -0.462 e. The minimum atomic E-state index is -0.832. The van der Waals surface area contributed by atoms with Crippen molar-refractivity contribution < 1.29 is 18.7 Å². The Labute approximate surface area is 165 Å². The fourth-order valence-corrected chi connectivity index (χ4v) is 5.00. The first-order valence-electron chi connectivity index (χ1n) is 8.86. The van der Waals surface area contributed by atoms with Crippen LogP contribution in [0.5, 0.6) is 0 Å². The number of aliphatic imine (C=N–C) groups is 1. The molecule has 1 aromatic carbocycles.